The van der Waals surface area contributed by atoms with Gasteiger partial charge in [0.2, 0.25) is 0 Å². The lowest BCUT2D eigenvalue weighted by Crippen LogP contribution is -2.40. The van der Waals surface area contributed by atoms with Crippen molar-refractivity contribution < 1.29 is 5.11 Å². The van der Waals surface area contributed by atoms with Gasteiger partial charge < -0.3 is 10.4 Å². The summed E-state index contributed by atoms with van der Waals surface area (Å²) in [5.41, 5.74) is 2.48. The Balaban J connectivity index is 1.94. The first-order valence-corrected chi connectivity index (χ1v) is 8.32. The van der Waals surface area contributed by atoms with Crippen molar-refractivity contribution in [3.8, 4) is 0 Å². The minimum atomic E-state index is -0.590. The summed E-state index contributed by atoms with van der Waals surface area (Å²) in [5, 5.41) is 14.2. The fraction of sp³-hybridized carbons (Fsp3) is 0.684. The van der Waals surface area contributed by atoms with Crippen LogP contribution in [0.1, 0.15) is 70.4 Å². The van der Waals surface area contributed by atoms with Crippen LogP contribution in [0.5, 0.6) is 0 Å². The molecule has 1 aromatic rings. The third kappa shape index (κ3) is 5.12. The summed E-state index contributed by atoms with van der Waals surface area (Å²) in [4.78, 5) is 0. The zero-order valence-corrected chi connectivity index (χ0v) is 14.1. The third-order valence-electron chi connectivity index (χ3n) is 4.50. The Bertz CT molecular complexity index is 459. The number of hydrogen-bond acceptors (Lipinski definition) is 2. The normalized spacial score (nSPS) is 21.7. The molecule has 2 nitrogen and oxygen atoms in total. The summed E-state index contributed by atoms with van der Waals surface area (Å²) < 4.78 is 0. The molecule has 2 unspecified atom stereocenters. The molecule has 2 heteroatoms. The molecule has 0 heterocycles. The van der Waals surface area contributed by atoms with Crippen molar-refractivity contribution in [3.63, 3.8) is 0 Å². The standard InChI is InChI=1S/C19H31NO/c1-18(2,3)20-13-12-19(4,21)14-16-10-7-9-15-8-5-6-11-17(15)16/h5-6,8,11,16,20-21H,7,9-10,12-14H2,1-4H3. The Morgan fingerprint density at radius 1 is 1.19 bits per heavy atom. The molecular weight excluding hydrogens is 258 g/mol. The van der Waals surface area contributed by atoms with E-state index < -0.39 is 5.60 Å². The molecule has 2 N–H and O–H groups in total. The third-order valence-corrected chi connectivity index (χ3v) is 4.50. The minimum Gasteiger partial charge on any atom is -0.390 e. The maximum atomic E-state index is 10.7. The number of fused-ring (bicyclic) bond motifs is 1. The van der Waals surface area contributed by atoms with Crippen molar-refractivity contribution >= 4 is 0 Å². The van der Waals surface area contributed by atoms with Crippen LogP contribution in [0.15, 0.2) is 24.3 Å². The van der Waals surface area contributed by atoms with Crippen LogP contribution in [0.2, 0.25) is 0 Å². The van der Waals surface area contributed by atoms with Crippen molar-refractivity contribution in [2.24, 2.45) is 0 Å². The lowest BCUT2D eigenvalue weighted by Gasteiger charge is -2.33. The predicted octanol–water partition coefficient (Wildman–Crippen LogP) is 4.03. The Morgan fingerprint density at radius 2 is 1.90 bits per heavy atom. The van der Waals surface area contributed by atoms with Gasteiger partial charge >= 0.3 is 0 Å². The van der Waals surface area contributed by atoms with Crippen LogP contribution in [-0.4, -0.2) is 22.8 Å². The molecule has 1 aliphatic carbocycles. The zero-order valence-electron chi connectivity index (χ0n) is 14.1. The number of aliphatic hydroxyl groups is 1. The molecule has 0 bridgehead atoms. The summed E-state index contributed by atoms with van der Waals surface area (Å²) in [5.74, 6) is 0.514. The van der Waals surface area contributed by atoms with Gasteiger partial charge in [-0.25, -0.2) is 0 Å². The molecule has 0 fully saturated rings. The zero-order chi connectivity index (χ0) is 15.5. The highest BCUT2D eigenvalue weighted by molar-refractivity contribution is 5.32. The van der Waals surface area contributed by atoms with Gasteiger partial charge in [0.05, 0.1) is 5.60 Å². The van der Waals surface area contributed by atoms with Gasteiger partial charge in [-0.2, -0.15) is 0 Å². The van der Waals surface area contributed by atoms with Gasteiger partial charge in [0.15, 0.2) is 0 Å². The van der Waals surface area contributed by atoms with Gasteiger partial charge in [0.25, 0.3) is 0 Å². The molecule has 1 aliphatic rings. The topological polar surface area (TPSA) is 32.3 Å². The second-order valence-corrected chi connectivity index (χ2v) is 7.92. The highest BCUT2D eigenvalue weighted by Gasteiger charge is 2.29. The van der Waals surface area contributed by atoms with Crippen LogP contribution in [0, 0.1) is 0 Å². The molecule has 0 aromatic heterocycles. The maximum Gasteiger partial charge on any atom is 0.0637 e. The molecule has 0 spiro atoms. The van der Waals surface area contributed by atoms with Crippen LogP contribution in [0.3, 0.4) is 0 Å². The number of rotatable bonds is 5. The van der Waals surface area contributed by atoms with Crippen molar-refractivity contribution in [2.45, 2.75) is 76.9 Å². The van der Waals surface area contributed by atoms with Gasteiger partial charge in [-0.1, -0.05) is 24.3 Å². The number of aryl methyl sites for hydroxylation is 1. The Hall–Kier alpha value is -0.860. The molecule has 0 saturated heterocycles. The monoisotopic (exact) mass is 289 g/mol. The number of benzene rings is 1. The van der Waals surface area contributed by atoms with E-state index in [1.54, 1.807) is 0 Å². The van der Waals surface area contributed by atoms with Crippen LogP contribution >= 0.6 is 0 Å². The van der Waals surface area contributed by atoms with Gasteiger partial charge in [0, 0.05) is 5.54 Å². The second-order valence-electron chi connectivity index (χ2n) is 7.92. The van der Waals surface area contributed by atoms with E-state index >= 15 is 0 Å². The Kier molecular flexibility index (Phi) is 5.11. The highest BCUT2D eigenvalue weighted by Crippen LogP contribution is 2.37. The minimum absolute atomic E-state index is 0.119. The van der Waals surface area contributed by atoms with E-state index in [0.717, 1.165) is 19.4 Å². The molecule has 2 atom stereocenters. The molecule has 0 saturated carbocycles. The van der Waals surface area contributed by atoms with Crippen LogP contribution in [0.25, 0.3) is 0 Å². The summed E-state index contributed by atoms with van der Waals surface area (Å²) in [6.07, 6.45) is 5.33. The lowest BCUT2D eigenvalue weighted by molar-refractivity contribution is 0.0319. The van der Waals surface area contributed by atoms with E-state index in [1.165, 1.54) is 30.4 Å². The summed E-state index contributed by atoms with van der Waals surface area (Å²) in [6, 6.07) is 8.76. The average molecular weight is 289 g/mol. The van der Waals surface area contributed by atoms with Crippen molar-refractivity contribution in [2.75, 3.05) is 6.54 Å². The molecule has 1 aromatic carbocycles. The smallest absolute Gasteiger partial charge is 0.0637 e. The molecule has 0 aliphatic heterocycles. The van der Waals surface area contributed by atoms with Crippen molar-refractivity contribution in [3.05, 3.63) is 35.4 Å². The molecule has 0 radical (unpaired) electrons. The molecular formula is C19H31NO. The second kappa shape index (κ2) is 6.50. The number of hydrogen-bond donors (Lipinski definition) is 2. The molecule has 118 valence electrons. The number of nitrogens with one attached hydrogen (secondary N) is 1. The van der Waals surface area contributed by atoms with E-state index in [-0.39, 0.29) is 5.54 Å². The Morgan fingerprint density at radius 3 is 2.62 bits per heavy atom. The first-order chi connectivity index (χ1) is 9.77. The largest absolute Gasteiger partial charge is 0.390 e. The Labute approximate surface area is 130 Å². The average Bonchev–Trinajstić information content (AvgIpc) is 2.37. The van der Waals surface area contributed by atoms with Crippen LogP contribution in [-0.2, 0) is 6.42 Å². The van der Waals surface area contributed by atoms with Gasteiger partial charge in [-0.15, -0.1) is 0 Å². The van der Waals surface area contributed by atoms with E-state index in [4.69, 9.17) is 0 Å². The maximum absolute atomic E-state index is 10.7. The van der Waals surface area contributed by atoms with E-state index in [0.29, 0.717) is 5.92 Å². The highest BCUT2D eigenvalue weighted by atomic mass is 16.3. The van der Waals surface area contributed by atoms with E-state index in [9.17, 15) is 5.11 Å². The van der Waals surface area contributed by atoms with Gasteiger partial charge in [-0.3, -0.25) is 0 Å². The molecule has 0 amide bonds. The van der Waals surface area contributed by atoms with E-state index in [1.807, 2.05) is 6.92 Å². The van der Waals surface area contributed by atoms with E-state index in [2.05, 4.69) is 50.4 Å². The summed E-state index contributed by atoms with van der Waals surface area (Å²) in [6.45, 7) is 9.36. The van der Waals surface area contributed by atoms with Crippen molar-refractivity contribution in [1.82, 2.24) is 5.32 Å². The van der Waals surface area contributed by atoms with Crippen molar-refractivity contribution in [1.29, 1.82) is 0 Å². The van der Waals surface area contributed by atoms with Crippen LogP contribution in [0.4, 0.5) is 0 Å². The summed E-state index contributed by atoms with van der Waals surface area (Å²) in [7, 11) is 0. The first kappa shape index (κ1) is 16.5. The van der Waals surface area contributed by atoms with Gasteiger partial charge in [0.1, 0.15) is 0 Å². The van der Waals surface area contributed by atoms with Gasteiger partial charge in [-0.05, 0) is 83.4 Å². The fourth-order valence-electron chi connectivity index (χ4n) is 3.41. The molecule has 2 rings (SSSR count). The SMILES string of the molecule is CC(O)(CCNC(C)(C)C)CC1CCCc2ccccc21. The summed E-state index contributed by atoms with van der Waals surface area (Å²) >= 11 is 0. The fourth-order valence-corrected chi connectivity index (χ4v) is 3.41. The first-order valence-electron chi connectivity index (χ1n) is 8.32. The quantitative estimate of drug-likeness (QED) is 0.858. The lowest BCUT2D eigenvalue weighted by atomic mass is 9.76. The van der Waals surface area contributed by atoms with Crippen LogP contribution < -0.4 is 5.32 Å². The predicted molar refractivity (Wildman–Crippen MR) is 89.7 cm³/mol. The molecule has 21 heavy (non-hydrogen) atoms.